The standard InChI is InChI=1S/C30H31N3O5/c1-19(25-24(37-3)18-32-29(38-4)27(25)31)28(34)30(35)33-15-13-21(14-16-33)26(20-9-6-5-7-10-20)22-11-8-12-23(17-22)36-2/h5-12,17-18H,1,13-16,31H2,2-4H3. The van der Waals surface area contributed by atoms with Gasteiger partial charge in [0.15, 0.2) is 0 Å². The number of ether oxygens (including phenoxy) is 3. The van der Waals surface area contributed by atoms with E-state index in [-0.39, 0.29) is 28.5 Å². The number of methoxy groups -OCH3 is 3. The van der Waals surface area contributed by atoms with E-state index in [0.717, 1.165) is 22.4 Å². The van der Waals surface area contributed by atoms with Crippen LogP contribution in [0.3, 0.4) is 0 Å². The summed E-state index contributed by atoms with van der Waals surface area (Å²) in [6, 6.07) is 18.1. The van der Waals surface area contributed by atoms with Crippen molar-refractivity contribution in [2.24, 2.45) is 0 Å². The average Bonchev–Trinajstić information content (AvgIpc) is 2.97. The zero-order chi connectivity index (χ0) is 27.2. The number of Topliss-reactive ketones (excluding diaryl/α,β-unsaturated/α-hetero) is 1. The highest BCUT2D eigenvalue weighted by molar-refractivity contribution is 6.53. The predicted molar refractivity (Wildman–Crippen MR) is 147 cm³/mol. The molecule has 196 valence electrons. The van der Waals surface area contributed by atoms with Crippen molar-refractivity contribution in [3.05, 3.63) is 89.6 Å². The lowest BCUT2D eigenvalue weighted by Crippen LogP contribution is -2.41. The topological polar surface area (TPSA) is 104 Å². The summed E-state index contributed by atoms with van der Waals surface area (Å²) >= 11 is 0. The minimum Gasteiger partial charge on any atom is -0.497 e. The molecule has 1 aromatic heterocycles. The van der Waals surface area contributed by atoms with Gasteiger partial charge in [-0.15, -0.1) is 0 Å². The number of amides is 1. The number of hydrogen-bond donors (Lipinski definition) is 1. The number of benzene rings is 2. The molecule has 38 heavy (non-hydrogen) atoms. The van der Waals surface area contributed by atoms with E-state index in [2.05, 4.69) is 29.8 Å². The Morgan fingerprint density at radius 1 is 0.921 bits per heavy atom. The van der Waals surface area contributed by atoms with Crippen molar-refractivity contribution >= 4 is 28.5 Å². The molecular formula is C30H31N3O5. The number of anilines is 1. The Balaban J connectivity index is 1.58. The maximum atomic E-state index is 13.2. The Hall–Kier alpha value is -4.59. The van der Waals surface area contributed by atoms with Gasteiger partial charge < -0.3 is 24.8 Å². The van der Waals surface area contributed by atoms with Crippen LogP contribution < -0.4 is 19.9 Å². The van der Waals surface area contributed by atoms with Crippen LogP contribution in [0.4, 0.5) is 5.69 Å². The number of nitrogens with two attached hydrogens (primary N) is 1. The molecule has 2 N–H and O–H groups in total. The summed E-state index contributed by atoms with van der Waals surface area (Å²) in [6.45, 7) is 4.67. The number of nitrogen functional groups attached to an aromatic ring is 1. The third-order valence-electron chi connectivity index (χ3n) is 6.66. The summed E-state index contributed by atoms with van der Waals surface area (Å²) in [6.07, 6.45) is 2.64. The van der Waals surface area contributed by atoms with Gasteiger partial charge in [-0.1, -0.05) is 54.6 Å². The van der Waals surface area contributed by atoms with Gasteiger partial charge in [0.2, 0.25) is 5.88 Å². The fraction of sp³-hybridized carbons (Fsp3) is 0.233. The van der Waals surface area contributed by atoms with E-state index < -0.39 is 11.7 Å². The van der Waals surface area contributed by atoms with Crippen molar-refractivity contribution < 1.29 is 23.8 Å². The van der Waals surface area contributed by atoms with Crippen LogP contribution in [-0.4, -0.2) is 56.0 Å². The highest BCUT2D eigenvalue weighted by Gasteiger charge is 2.31. The predicted octanol–water partition coefficient (Wildman–Crippen LogP) is 4.40. The number of aromatic nitrogens is 1. The van der Waals surface area contributed by atoms with Crippen LogP contribution in [0.2, 0.25) is 0 Å². The third-order valence-corrected chi connectivity index (χ3v) is 6.66. The largest absolute Gasteiger partial charge is 0.497 e. The van der Waals surface area contributed by atoms with E-state index in [1.165, 1.54) is 26.0 Å². The highest BCUT2D eigenvalue weighted by atomic mass is 16.5. The Morgan fingerprint density at radius 3 is 2.24 bits per heavy atom. The van der Waals surface area contributed by atoms with Gasteiger partial charge in [-0.05, 0) is 41.7 Å². The number of carbonyl (C=O) groups is 2. The van der Waals surface area contributed by atoms with Gasteiger partial charge in [0, 0.05) is 18.7 Å². The van der Waals surface area contributed by atoms with Crippen molar-refractivity contribution in [3.63, 3.8) is 0 Å². The van der Waals surface area contributed by atoms with Gasteiger partial charge in [0.25, 0.3) is 11.7 Å². The van der Waals surface area contributed by atoms with Crippen LogP contribution in [0.1, 0.15) is 29.5 Å². The number of carbonyl (C=O) groups excluding carboxylic acids is 2. The second-order valence-electron chi connectivity index (χ2n) is 8.80. The average molecular weight is 514 g/mol. The molecule has 0 atom stereocenters. The van der Waals surface area contributed by atoms with E-state index >= 15 is 0 Å². The smallest absolute Gasteiger partial charge is 0.294 e. The van der Waals surface area contributed by atoms with Crippen molar-refractivity contribution in [2.45, 2.75) is 12.8 Å². The Bertz CT molecular complexity index is 1390. The molecule has 0 spiro atoms. The number of piperidine rings is 1. The van der Waals surface area contributed by atoms with E-state index in [4.69, 9.17) is 19.9 Å². The molecule has 4 rings (SSSR count). The molecule has 1 aliphatic rings. The molecule has 8 heteroatoms. The Labute approximate surface area is 222 Å². The first-order valence-electron chi connectivity index (χ1n) is 12.2. The summed E-state index contributed by atoms with van der Waals surface area (Å²) in [4.78, 5) is 32.1. The summed E-state index contributed by atoms with van der Waals surface area (Å²) in [5, 5.41) is 0. The molecule has 0 unspecified atom stereocenters. The molecule has 0 aliphatic carbocycles. The SMILES string of the molecule is C=C(C(=O)C(=O)N1CCC(=C(c2ccccc2)c2cccc(OC)c2)CC1)c1c(OC)cnc(OC)c1N. The molecule has 1 fully saturated rings. The van der Waals surface area contributed by atoms with E-state index in [9.17, 15) is 9.59 Å². The van der Waals surface area contributed by atoms with Gasteiger partial charge in [-0.2, -0.15) is 0 Å². The fourth-order valence-corrected chi connectivity index (χ4v) is 4.69. The van der Waals surface area contributed by atoms with E-state index in [0.29, 0.717) is 25.9 Å². The van der Waals surface area contributed by atoms with Crippen LogP contribution in [0, 0.1) is 0 Å². The molecule has 2 aromatic carbocycles. The number of pyridine rings is 1. The maximum Gasteiger partial charge on any atom is 0.294 e. The van der Waals surface area contributed by atoms with Crippen molar-refractivity contribution in [2.75, 3.05) is 40.2 Å². The first kappa shape index (κ1) is 26.5. The van der Waals surface area contributed by atoms with Crippen LogP contribution in [0.5, 0.6) is 17.4 Å². The zero-order valence-corrected chi connectivity index (χ0v) is 21.8. The number of likely N-dealkylation sites (tertiary alicyclic amines) is 1. The minimum absolute atomic E-state index is 0.0623. The number of hydrogen-bond acceptors (Lipinski definition) is 7. The summed E-state index contributed by atoms with van der Waals surface area (Å²) in [7, 11) is 4.49. The normalized spacial score (nSPS) is 13.0. The van der Waals surface area contributed by atoms with Gasteiger partial charge in [-0.25, -0.2) is 4.98 Å². The second-order valence-corrected chi connectivity index (χ2v) is 8.80. The lowest BCUT2D eigenvalue weighted by atomic mass is 9.88. The number of rotatable bonds is 8. The molecular weight excluding hydrogens is 482 g/mol. The monoisotopic (exact) mass is 513 g/mol. The molecule has 8 nitrogen and oxygen atoms in total. The molecule has 0 saturated carbocycles. The molecule has 2 heterocycles. The molecule has 0 radical (unpaired) electrons. The van der Waals surface area contributed by atoms with Crippen molar-refractivity contribution in [1.29, 1.82) is 0 Å². The summed E-state index contributed by atoms with van der Waals surface area (Å²) < 4.78 is 15.9. The highest BCUT2D eigenvalue weighted by Crippen LogP contribution is 2.37. The molecule has 1 saturated heterocycles. The fourth-order valence-electron chi connectivity index (χ4n) is 4.69. The van der Waals surface area contributed by atoms with Crippen molar-refractivity contribution in [1.82, 2.24) is 9.88 Å². The van der Waals surface area contributed by atoms with Gasteiger partial charge in [-0.3, -0.25) is 9.59 Å². The molecule has 1 aliphatic heterocycles. The second kappa shape index (κ2) is 11.6. The Kier molecular flexibility index (Phi) is 8.11. The number of nitrogens with zero attached hydrogens (tertiary/aromatic N) is 2. The first-order chi connectivity index (χ1) is 18.4. The van der Waals surface area contributed by atoms with Crippen LogP contribution in [-0.2, 0) is 9.59 Å². The van der Waals surface area contributed by atoms with Crippen LogP contribution >= 0.6 is 0 Å². The minimum atomic E-state index is -0.744. The van der Waals surface area contributed by atoms with Gasteiger partial charge >= 0.3 is 0 Å². The quantitative estimate of drug-likeness (QED) is 0.352. The summed E-state index contributed by atoms with van der Waals surface area (Å²) in [5.41, 5.74) is 10.9. The van der Waals surface area contributed by atoms with E-state index in [1.54, 1.807) is 12.0 Å². The van der Waals surface area contributed by atoms with Crippen molar-refractivity contribution in [3.8, 4) is 17.4 Å². The molecule has 3 aromatic rings. The third kappa shape index (κ3) is 5.25. The Morgan fingerprint density at radius 2 is 1.61 bits per heavy atom. The first-order valence-corrected chi connectivity index (χ1v) is 12.2. The molecule has 1 amide bonds. The lowest BCUT2D eigenvalue weighted by Gasteiger charge is -2.30. The lowest BCUT2D eigenvalue weighted by molar-refractivity contribution is -0.142. The number of ketones is 1. The molecule has 0 bridgehead atoms. The van der Waals surface area contributed by atoms with Gasteiger partial charge in [0.05, 0.1) is 33.1 Å². The van der Waals surface area contributed by atoms with Crippen LogP contribution in [0.25, 0.3) is 11.1 Å². The van der Waals surface area contributed by atoms with Gasteiger partial charge in [0.1, 0.15) is 17.2 Å². The summed E-state index contributed by atoms with van der Waals surface area (Å²) in [5.74, 6) is -0.235. The zero-order valence-electron chi connectivity index (χ0n) is 21.8. The van der Waals surface area contributed by atoms with E-state index in [1.807, 2.05) is 36.4 Å². The maximum absolute atomic E-state index is 13.2. The van der Waals surface area contributed by atoms with Crippen LogP contribution in [0.15, 0.2) is 72.9 Å².